The van der Waals surface area contributed by atoms with Crippen molar-refractivity contribution in [2.75, 3.05) is 25.6 Å². The van der Waals surface area contributed by atoms with E-state index in [2.05, 4.69) is 15.6 Å². The lowest BCUT2D eigenvalue weighted by atomic mass is 10.2. The lowest BCUT2D eigenvalue weighted by Gasteiger charge is -2.14. The first-order valence-electron chi connectivity index (χ1n) is 7.87. The number of ether oxygens (including phenoxy) is 2. The Labute approximate surface area is 163 Å². The molecule has 0 saturated carbocycles. The van der Waals surface area contributed by atoms with Crippen molar-refractivity contribution < 1.29 is 13.9 Å². The summed E-state index contributed by atoms with van der Waals surface area (Å²) in [5.74, 6) is 1.76. The van der Waals surface area contributed by atoms with Gasteiger partial charge in [-0.05, 0) is 18.2 Å². The molecule has 0 amide bonds. The number of nitrogens with one attached hydrogen (secondary N) is 2. The van der Waals surface area contributed by atoms with E-state index in [0.29, 0.717) is 37.0 Å². The van der Waals surface area contributed by atoms with E-state index in [1.54, 1.807) is 25.2 Å². The standard InChI is InChI=1S/C18H20FN3O2.HI/c1-20-18(21-12-13-5-2-3-6-15(13)19)22-14-7-8-16-17(11-14)24-10-4-9-23-16;/h2-3,5-8,11H,4,9-10,12H2,1H3,(H2,20,21,22);1H. The summed E-state index contributed by atoms with van der Waals surface area (Å²) < 4.78 is 25.0. The summed E-state index contributed by atoms with van der Waals surface area (Å²) in [6.07, 6.45) is 0.864. The molecule has 0 radical (unpaired) electrons. The van der Waals surface area contributed by atoms with Gasteiger partial charge in [0.1, 0.15) is 5.82 Å². The summed E-state index contributed by atoms with van der Waals surface area (Å²) in [6.45, 7) is 1.64. The predicted molar refractivity (Wildman–Crippen MR) is 108 cm³/mol. The van der Waals surface area contributed by atoms with Gasteiger partial charge in [-0.2, -0.15) is 0 Å². The van der Waals surface area contributed by atoms with Gasteiger partial charge in [-0.15, -0.1) is 24.0 Å². The Morgan fingerprint density at radius 3 is 2.64 bits per heavy atom. The zero-order chi connectivity index (χ0) is 16.8. The highest BCUT2D eigenvalue weighted by Gasteiger charge is 2.11. The van der Waals surface area contributed by atoms with Crippen LogP contribution in [0.5, 0.6) is 11.5 Å². The van der Waals surface area contributed by atoms with Gasteiger partial charge in [-0.1, -0.05) is 18.2 Å². The second-order valence-corrected chi connectivity index (χ2v) is 5.35. The van der Waals surface area contributed by atoms with Crippen molar-refractivity contribution in [3.05, 3.63) is 53.8 Å². The number of fused-ring (bicyclic) bond motifs is 1. The molecule has 1 heterocycles. The van der Waals surface area contributed by atoms with E-state index >= 15 is 0 Å². The van der Waals surface area contributed by atoms with Crippen molar-refractivity contribution in [2.24, 2.45) is 4.99 Å². The number of nitrogens with zero attached hydrogens (tertiary/aromatic N) is 1. The first kappa shape index (κ1) is 19.3. The van der Waals surface area contributed by atoms with Gasteiger partial charge in [-0.3, -0.25) is 4.99 Å². The molecule has 0 aromatic heterocycles. The van der Waals surface area contributed by atoms with Crippen LogP contribution in [-0.4, -0.2) is 26.2 Å². The number of rotatable bonds is 3. The van der Waals surface area contributed by atoms with Crippen molar-refractivity contribution in [2.45, 2.75) is 13.0 Å². The minimum Gasteiger partial charge on any atom is -0.490 e. The SMILES string of the molecule is CN=C(NCc1ccccc1F)Nc1ccc2c(c1)OCCCO2.I. The fourth-order valence-corrected chi connectivity index (χ4v) is 2.38. The highest BCUT2D eigenvalue weighted by Crippen LogP contribution is 2.32. The first-order valence-corrected chi connectivity index (χ1v) is 7.87. The van der Waals surface area contributed by atoms with Crippen LogP contribution in [0.1, 0.15) is 12.0 Å². The maximum absolute atomic E-state index is 13.7. The number of anilines is 1. The average Bonchev–Trinajstić information content (AvgIpc) is 2.84. The number of hydrogen-bond donors (Lipinski definition) is 2. The Kier molecular flexibility index (Phi) is 7.30. The van der Waals surface area contributed by atoms with Crippen LogP contribution < -0.4 is 20.1 Å². The molecule has 0 saturated heterocycles. The lowest BCUT2D eigenvalue weighted by Crippen LogP contribution is -2.30. The molecule has 2 aromatic rings. The molecule has 0 bridgehead atoms. The van der Waals surface area contributed by atoms with Gasteiger partial charge < -0.3 is 20.1 Å². The monoisotopic (exact) mass is 457 g/mol. The molecule has 0 atom stereocenters. The second-order valence-electron chi connectivity index (χ2n) is 5.35. The first-order chi connectivity index (χ1) is 11.8. The topological polar surface area (TPSA) is 54.9 Å². The van der Waals surface area contributed by atoms with Gasteiger partial charge in [0.15, 0.2) is 17.5 Å². The molecule has 1 aliphatic heterocycles. The third-order valence-electron chi connectivity index (χ3n) is 3.64. The van der Waals surface area contributed by atoms with Crippen molar-refractivity contribution >= 4 is 35.6 Å². The maximum Gasteiger partial charge on any atom is 0.195 e. The van der Waals surface area contributed by atoms with Crippen LogP contribution in [0.25, 0.3) is 0 Å². The Bertz CT molecular complexity index is 740. The van der Waals surface area contributed by atoms with Gasteiger partial charge in [0, 0.05) is 37.3 Å². The van der Waals surface area contributed by atoms with Crippen LogP contribution >= 0.6 is 24.0 Å². The molecule has 1 aliphatic rings. The normalized spacial score (nSPS) is 13.4. The summed E-state index contributed by atoms with van der Waals surface area (Å²) in [6, 6.07) is 12.3. The molecule has 5 nitrogen and oxygen atoms in total. The van der Waals surface area contributed by atoms with Gasteiger partial charge in [-0.25, -0.2) is 4.39 Å². The molecular weight excluding hydrogens is 436 g/mol. The number of aliphatic imine (C=N–C) groups is 1. The molecule has 2 N–H and O–H groups in total. The summed E-state index contributed by atoms with van der Waals surface area (Å²) >= 11 is 0. The largest absolute Gasteiger partial charge is 0.490 e. The van der Waals surface area contributed by atoms with Gasteiger partial charge >= 0.3 is 0 Å². The summed E-state index contributed by atoms with van der Waals surface area (Å²) in [5, 5.41) is 6.26. The van der Waals surface area contributed by atoms with Crippen molar-refractivity contribution in [3.8, 4) is 11.5 Å². The van der Waals surface area contributed by atoms with Gasteiger partial charge in [0.25, 0.3) is 0 Å². The van der Waals surface area contributed by atoms with Crippen molar-refractivity contribution in [3.63, 3.8) is 0 Å². The van der Waals surface area contributed by atoms with Crippen molar-refractivity contribution in [1.29, 1.82) is 0 Å². The van der Waals surface area contributed by atoms with E-state index in [0.717, 1.165) is 17.9 Å². The van der Waals surface area contributed by atoms with Crippen molar-refractivity contribution in [1.82, 2.24) is 5.32 Å². The van der Waals surface area contributed by atoms with Gasteiger partial charge in [0.05, 0.1) is 13.2 Å². The smallest absolute Gasteiger partial charge is 0.195 e. The van der Waals surface area contributed by atoms with E-state index in [4.69, 9.17) is 9.47 Å². The third kappa shape index (κ3) is 5.22. The summed E-state index contributed by atoms with van der Waals surface area (Å²) in [4.78, 5) is 4.16. The van der Waals surface area contributed by atoms with E-state index in [-0.39, 0.29) is 29.8 Å². The average molecular weight is 457 g/mol. The van der Waals surface area contributed by atoms with Crippen LogP contribution in [0.15, 0.2) is 47.5 Å². The zero-order valence-corrected chi connectivity index (χ0v) is 16.3. The molecule has 0 spiro atoms. The van der Waals surface area contributed by atoms with Crippen LogP contribution in [-0.2, 0) is 6.54 Å². The van der Waals surface area contributed by atoms with Crippen LogP contribution in [0.4, 0.5) is 10.1 Å². The van der Waals surface area contributed by atoms with Crippen LogP contribution in [0.2, 0.25) is 0 Å². The molecule has 3 rings (SSSR count). The Morgan fingerprint density at radius 2 is 1.88 bits per heavy atom. The summed E-state index contributed by atoms with van der Waals surface area (Å²) in [5.41, 5.74) is 1.40. The number of benzene rings is 2. The molecule has 7 heteroatoms. The molecule has 0 unspecified atom stereocenters. The molecule has 0 aliphatic carbocycles. The van der Waals surface area contributed by atoms with Crippen LogP contribution in [0.3, 0.4) is 0 Å². The van der Waals surface area contributed by atoms with E-state index < -0.39 is 0 Å². The quantitative estimate of drug-likeness (QED) is 0.419. The molecule has 2 aromatic carbocycles. The van der Waals surface area contributed by atoms with E-state index in [1.807, 2.05) is 18.2 Å². The Hall–Kier alpha value is -2.03. The van der Waals surface area contributed by atoms with Gasteiger partial charge in [0.2, 0.25) is 0 Å². The Morgan fingerprint density at radius 1 is 1.12 bits per heavy atom. The number of guanidine groups is 1. The van der Waals surface area contributed by atoms with E-state index in [1.165, 1.54) is 6.07 Å². The fourth-order valence-electron chi connectivity index (χ4n) is 2.38. The molecule has 25 heavy (non-hydrogen) atoms. The highest BCUT2D eigenvalue weighted by atomic mass is 127. The summed E-state index contributed by atoms with van der Waals surface area (Å²) in [7, 11) is 1.67. The van der Waals surface area contributed by atoms with E-state index in [9.17, 15) is 4.39 Å². The minimum absolute atomic E-state index is 0. The number of hydrogen-bond acceptors (Lipinski definition) is 3. The highest BCUT2D eigenvalue weighted by molar-refractivity contribution is 14.0. The lowest BCUT2D eigenvalue weighted by molar-refractivity contribution is 0.297. The second kappa shape index (κ2) is 9.45. The maximum atomic E-state index is 13.7. The molecule has 0 fully saturated rings. The zero-order valence-electron chi connectivity index (χ0n) is 13.9. The third-order valence-corrected chi connectivity index (χ3v) is 3.64. The number of halogens is 2. The Balaban J connectivity index is 0.00000225. The molecular formula is C18H21FIN3O2. The fraction of sp³-hybridized carbons (Fsp3) is 0.278. The minimum atomic E-state index is -0.240. The molecule has 134 valence electrons. The van der Waals surface area contributed by atoms with Crippen LogP contribution in [0, 0.1) is 5.82 Å². The predicted octanol–water partition coefficient (Wildman–Crippen LogP) is 3.79.